The van der Waals surface area contributed by atoms with E-state index in [1.54, 1.807) is 0 Å². The molecule has 0 saturated heterocycles. The Morgan fingerprint density at radius 3 is 2.53 bits per heavy atom. The molecule has 0 bridgehead atoms. The van der Waals surface area contributed by atoms with E-state index in [2.05, 4.69) is 34.2 Å². The Bertz CT molecular complexity index is 625. The van der Waals surface area contributed by atoms with Crippen LogP contribution in [0.25, 0.3) is 11.0 Å². The number of hydrogen-bond acceptors (Lipinski definition) is 2. The average Bonchev–Trinajstić information content (AvgIpc) is 2.90. The van der Waals surface area contributed by atoms with Crippen LogP contribution in [0.4, 0.5) is 0 Å². The Balaban J connectivity index is 1.71. The third kappa shape index (κ3) is 2.66. The molecule has 2 aromatic carbocycles. The van der Waals surface area contributed by atoms with Gasteiger partial charge in [0.2, 0.25) is 0 Å². The number of aromatic nitrogens is 2. The zero-order valence-electron chi connectivity index (χ0n) is 10.7. The van der Waals surface area contributed by atoms with E-state index in [1.807, 2.05) is 30.3 Å². The van der Waals surface area contributed by atoms with Gasteiger partial charge in [-0.15, -0.1) is 0 Å². The van der Waals surface area contributed by atoms with Gasteiger partial charge in [0.1, 0.15) is 5.82 Å². The molecule has 0 amide bonds. The summed E-state index contributed by atoms with van der Waals surface area (Å²) in [6, 6.07) is 18.4. The third-order valence-corrected chi connectivity index (χ3v) is 3.35. The fourth-order valence-electron chi connectivity index (χ4n) is 2.25. The van der Waals surface area contributed by atoms with E-state index >= 15 is 0 Å². The van der Waals surface area contributed by atoms with E-state index in [4.69, 9.17) is 5.73 Å². The summed E-state index contributed by atoms with van der Waals surface area (Å²) in [7, 11) is 0. The van der Waals surface area contributed by atoms with Gasteiger partial charge >= 0.3 is 0 Å². The molecular weight excluding hydrogens is 234 g/mol. The highest BCUT2D eigenvalue weighted by Crippen LogP contribution is 2.18. The maximum absolute atomic E-state index is 6.21. The van der Waals surface area contributed by atoms with E-state index in [0.717, 1.165) is 29.7 Å². The van der Waals surface area contributed by atoms with E-state index in [9.17, 15) is 0 Å². The SMILES string of the molecule is NC(CCc1ccccc1)c1nc2ccccc2[nH]1. The van der Waals surface area contributed by atoms with Crippen molar-refractivity contribution in [2.24, 2.45) is 5.73 Å². The molecule has 0 radical (unpaired) electrons. The van der Waals surface area contributed by atoms with Gasteiger partial charge in [-0.3, -0.25) is 0 Å². The lowest BCUT2D eigenvalue weighted by Gasteiger charge is -2.08. The lowest BCUT2D eigenvalue weighted by atomic mass is 10.1. The number of aromatic amines is 1. The molecule has 3 aromatic rings. The highest BCUT2D eigenvalue weighted by Gasteiger charge is 2.10. The first-order chi connectivity index (χ1) is 9.33. The predicted octanol–water partition coefficient (Wildman–Crippen LogP) is 3.20. The van der Waals surface area contributed by atoms with Gasteiger partial charge in [0, 0.05) is 0 Å². The number of hydrogen-bond donors (Lipinski definition) is 2. The van der Waals surface area contributed by atoms with Crippen LogP contribution in [0.5, 0.6) is 0 Å². The number of nitrogens with two attached hydrogens (primary N) is 1. The highest BCUT2D eigenvalue weighted by atomic mass is 15.0. The van der Waals surface area contributed by atoms with Crippen molar-refractivity contribution < 1.29 is 0 Å². The molecule has 3 rings (SSSR count). The van der Waals surface area contributed by atoms with Crippen molar-refractivity contribution in [2.75, 3.05) is 0 Å². The minimum absolute atomic E-state index is 0.0485. The Labute approximate surface area is 112 Å². The Kier molecular flexibility index (Phi) is 3.29. The zero-order valence-corrected chi connectivity index (χ0v) is 10.7. The van der Waals surface area contributed by atoms with Crippen LogP contribution < -0.4 is 5.73 Å². The van der Waals surface area contributed by atoms with Crippen molar-refractivity contribution in [3.8, 4) is 0 Å². The van der Waals surface area contributed by atoms with Gasteiger partial charge in [-0.25, -0.2) is 4.98 Å². The van der Waals surface area contributed by atoms with Crippen molar-refractivity contribution in [1.82, 2.24) is 9.97 Å². The molecule has 3 nitrogen and oxygen atoms in total. The standard InChI is InChI=1S/C16H17N3/c17-13(11-10-12-6-2-1-3-7-12)16-18-14-8-4-5-9-15(14)19-16/h1-9,13H,10-11,17H2,(H,18,19). The van der Waals surface area contributed by atoms with Gasteiger partial charge in [-0.1, -0.05) is 42.5 Å². The topological polar surface area (TPSA) is 54.7 Å². The first-order valence-electron chi connectivity index (χ1n) is 6.57. The molecule has 1 atom stereocenters. The van der Waals surface area contributed by atoms with Gasteiger partial charge in [0.15, 0.2) is 0 Å². The minimum Gasteiger partial charge on any atom is -0.341 e. The van der Waals surface area contributed by atoms with E-state index in [-0.39, 0.29) is 6.04 Å². The van der Waals surface area contributed by atoms with Crippen LogP contribution in [-0.2, 0) is 6.42 Å². The van der Waals surface area contributed by atoms with Crippen LogP contribution in [0.1, 0.15) is 23.9 Å². The number of imidazole rings is 1. The highest BCUT2D eigenvalue weighted by molar-refractivity contribution is 5.74. The molecule has 0 aliphatic rings. The van der Waals surface area contributed by atoms with Crippen molar-refractivity contribution in [2.45, 2.75) is 18.9 Å². The smallest absolute Gasteiger partial charge is 0.124 e. The molecule has 3 N–H and O–H groups in total. The molecule has 1 heterocycles. The summed E-state index contributed by atoms with van der Waals surface area (Å²) in [6.07, 6.45) is 1.86. The Hall–Kier alpha value is -2.13. The first-order valence-corrected chi connectivity index (χ1v) is 6.57. The zero-order chi connectivity index (χ0) is 13.1. The summed E-state index contributed by atoms with van der Waals surface area (Å²) in [5, 5.41) is 0. The number of para-hydroxylation sites is 2. The van der Waals surface area contributed by atoms with Gasteiger partial charge in [0.05, 0.1) is 17.1 Å². The summed E-state index contributed by atoms with van der Waals surface area (Å²) >= 11 is 0. The molecule has 1 aromatic heterocycles. The molecule has 3 heteroatoms. The lowest BCUT2D eigenvalue weighted by molar-refractivity contribution is 0.621. The lowest BCUT2D eigenvalue weighted by Crippen LogP contribution is -2.13. The summed E-state index contributed by atoms with van der Waals surface area (Å²) in [4.78, 5) is 7.84. The van der Waals surface area contributed by atoms with Crippen molar-refractivity contribution in [1.29, 1.82) is 0 Å². The van der Waals surface area contributed by atoms with E-state index in [0.29, 0.717) is 0 Å². The quantitative estimate of drug-likeness (QED) is 0.748. The van der Waals surface area contributed by atoms with Crippen LogP contribution in [0.2, 0.25) is 0 Å². The Morgan fingerprint density at radius 1 is 1.00 bits per heavy atom. The minimum atomic E-state index is -0.0485. The number of H-pyrrole nitrogens is 1. The monoisotopic (exact) mass is 251 g/mol. The third-order valence-electron chi connectivity index (χ3n) is 3.35. The maximum Gasteiger partial charge on any atom is 0.124 e. The summed E-state index contributed by atoms with van der Waals surface area (Å²) < 4.78 is 0. The number of rotatable bonds is 4. The number of nitrogens with one attached hydrogen (secondary N) is 1. The predicted molar refractivity (Wildman–Crippen MR) is 77.8 cm³/mol. The molecular formula is C16H17N3. The molecule has 0 aliphatic carbocycles. The maximum atomic E-state index is 6.21. The van der Waals surface area contributed by atoms with Gasteiger partial charge in [-0.05, 0) is 30.5 Å². The number of aryl methyl sites for hydroxylation is 1. The van der Waals surface area contributed by atoms with Gasteiger partial charge in [0.25, 0.3) is 0 Å². The van der Waals surface area contributed by atoms with Crippen LogP contribution >= 0.6 is 0 Å². The fourth-order valence-corrected chi connectivity index (χ4v) is 2.25. The average molecular weight is 251 g/mol. The molecule has 1 unspecified atom stereocenters. The fraction of sp³-hybridized carbons (Fsp3) is 0.188. The second-order valence-corrected chi connectivity index (χ2v) is 4.77. The summed E-state index contributed by atoms with van der Waals surface area (Å²) in [5.41, 5.74) is 9.55. The van der Waals surface area contributed by atoms with Crippen molar-refractivity contribution in [3.05, 3.63) is 66.0 Å². The molecule has 19 heavy (non-hydrogen) atoms. The molecule has 96 valence electrons. The van der Waals surface area contributed by atoms with Crippen LogP contribution in [0, 0.1) is 0 Å². The second-order valence-electron chi connectivity index (χ2n) is 4.77. The van der Waals surface area contributed by atoms with Gasteiger partial charge in [-0.2, -0.15) is 0 Å². The normalized spacial score (nSPS) is 12.7. The molecule has 0 aliphatic heterocycles. The summed E-state index contributed by atoms with van der Waals surface area (Å²) in [5.74, 6) is 0.872. The van der Waals surface area contributed by atoms with Crippen molar-refractivity contribution in [3.63, 3.8) is 0 Å². The molecule has 0 spiro atoms. The largest absolute Gasteiger partial charge is 0.341 e. The first kappa shape index (κ1) is 11.9. The number of nitrogens with zero attached hydrogens (tertiary/aromatic N) is 1. The van der Waals surface area contributed by atoms with Crippen LogP contribution in [-0.4, -0.2) is 9.97 Å². The summed E-state index contributed by atoms with van der Waals surface area (Å²) in [6.45, 7) is 0. The van der Waals surface area contributed by atoms with Crippen molar-refractivity contribution >= 4 is 11.0 Å². The second kappa shape index (κ2) is 5.24. The molecule has 0 fully saturated rings. The number of fused-ring (bicyclic) bond motifs is 1. The van der Waals surface area contributed by atoms with Crippen LogP contribution in [0.3, 0.4) is 0 Å². The van der Waals surface area contributed by atoms with Gasteiger partial charge < -0.3 is 10.7 Å². The number of benzene rings is 2. The van der Waals surface area contributed by atoms with E-state index in [1.165, 1.54) is 5.56 Å². The van der Waals surface area contributed by atoms with E-state index < -0.39 is 0 Å². The van der Waals surface area contributed by atoms with Crippen LogP contribution in [0.15, 0.2) is 54.6 Å². The Morgan fingerprint density at radius 2 is 1.74 bits per heavy atom. The molecule has 0 saturated carbocycles.